The second-order valence-electron chi connectivity index (χ2n) is 8.27. The summed E-state index contributed by atoms with van der Waals surface area (Å²) in [6.45, 7) is 5.23. The van der Waals surface area contributed by atoms with Crippen molar-refractivity contribution in [3.05, 3.63) is 81.9 Å². The summed E-state index contributed by atoms with van der Waals surface area (Å²) in [6, 6.07) is 13.3. The predicted molar refractivity (Wildman–Crippen MR) is 134 cm³/mol. The number of rotatable bonds is 7. The Balaban J connectivity index is 1.38. The Hall–Kier alpha value is -3.08. The van der Waals surface area contributed by atoms with Crippen LogP contribution in [0.1, 0.15) is 23.2 Å². The molecule has 4 rings (SSSR count). The first-order valence-corrected chi connectivity index (χ1v) is 12.9. The van der Waals surface area contributed by atoms with Crippen LogP contribution in [0.3, 0.4) is 0 Å². The first-order chi connectivity index (χ1) is 16.3. The topological polar surface area (TPSA) is 104 Å². The molecule has 10 heteroatoms. The highest BCUT2D eigenvalue weighted by molar-refractivity contribution is 7.89. The van der Waals surface area contributed by atoms with Gasteiger partial charge in [0.1, 0.15) is 0 Å². The molecule has 1 aromatic heterocycles. The highest BCUT2D eigenvalue weighted by Crippen LogP contribution is 2.23. The van der Waals surface area contributed by atoms with E-state index in [-0.39, 0.29) is 22.2 Å². The Labute approximate surface area is 203 Å². The number of amides is 1. The summed E-state index contributed by atoms with van der Waals surface area (Å²) in [5.41, 5.74) is 0.688. The predicted octanol–water partition coefficient (Wildman–Crippen LogP) is 3.08. The van der Waals surface area contributed by atoms with E-state index in [4.69, 9.17) is 12.2 Å². The number of hydrogen-bond acceptors (Lipinski definition) is 5. The minimum Gasteiger partial charge on any atom is -0.352 e. The van der Waals surface area contributed by atoms with Gasteiger partial charge in [0.15, 0.2) is 4.77 Å². The van der Waals surface area contributed by atoms with Gasteiger partial charge in [-0.05, 0) is 61.3 Å². The molecule has 8 nitrogen and oxygen atoms in total. The quantitative estimate of drug-likeness (QED) is 0.385. The zero-order chi connectivity index (χ0) is 24.3. The fourth-order valence-corrected chi connectivity index (χ4v) is 5.88. The van der Waals surface area contributed by atoms with Crippen molar-refractivity contribution >= 4 is 39.1 Å². The number of fused-ring (bicyclic) bond motifs is 1. The van der Waals surface area contributed by atoms with Crippen LogP contribution in [0, 0.1) is 10.7 Å². The van der Waals surface area contributed by atoms with Crippen LogP contribution in [-0.2, 0) is 16.6 Å². The molecule has 1 aliphatic rings. The van der Waals surface area contributed by atoms with E-state index in [0.717, 1.165) is 0 Å². The second kappa shape index (κ2) is 10.0. The standard InChI is InChI=1S/C24H26N4O4S2/c1-2-12-28-23(30)20-9-8-18(15-21(20)26-24(28)33)22(29)25-16-17-10-13-27(14-11-17)34(31,32)19-6-4-3-5-7-19/h2-9,15,17H,1,10-14,16H2,(H,25,29)(H,26,33). The second-order valence-corrected chi connectivity index (χ2v) is 10.6. The van der Waals surface area contributed by atoms with Gasteiger partial charge in [-0.25, -0.2) is 8.42 Å². The monoisotopic (exact) mass is 498 g/mol. The number of hydrogen-bond donors (Lipinski definition) is 2. The summed E-state index contributed by atoms with van der Waals surface area (Å²) in [5.74, 6) is -0.0700. The van der Waals surface area contributed by atoms with Gasteiger partial charge in [0.05, 0.1) is 15.8 Å². The van der Waals surface area contributed by atoms with Crippen molar-refractivity contribution in [1.29, 1.82) is 0 Å². The third-order valence-electron chi connectivity index (χ3n) is 6.06. The van der Waals surface area contributed by atoms with Gasteiger partial charge in [0, 0.05) is 31.7 Å². The van der Waals surface area contributed by atoms with Crippen molar-refractivity contribution < 1.29 is 13.2 Å². The highest BCUT2D eigenvalue weighted by atomic mass is 32.2. The van der Waals surface area contributed by atoms with Crippen LogP contribution in [0.2, 0.25) is 0 Å². The molecule has 0 spiro atoms. The molecular formula is C24H26N4O4S2. The average molecular weight is 499 g/mol. The van der Waals surface area contributed by atoms with E-state index in [0.29, 0.717) is 60.4 Å². The summed E-state index contributed by atoms with van der Waals surface area (Å²) in [5, 5.41) is 3.38. The molecule has 0 unspecified atom stereocenters. The van der Waals surface area contributed by atoms with Crippen molar-refractivity contribution in [2.24, 2.45) is 5.92 Å². The number of allylic oxidation sites excluding steroid dienone is 1. The molecule has 2 aromatic carbocycles. The Kier molecular flexibility index (Phi) is 7.11. The van der Waals surface area contributed by atoms with Crippen LogP contribution in [-0.4, -0.2) is 47.8 Å². The highest BCUT2D eigenvalue weighted by Gasteiger charge is 2.29. The number of benzene rings is 2. The molecular weight excluding hydrogens is 472 g/mol. The number of piperidine rings is 1. The number of aromatic nitrogens is 2. The Bertz CT molecular complexity index is 1440. The summed E-state index contributed by atoms with van der Waals surface area (Å²) in [6.07, 6.45) is 2.93. The van der Waals surface area contributed by atoms with Crippen LogP contribution < -0.4 is 10.9 Å². The van der Waals surface area contributed by atoms with Crippen LogP contribution in [0.25, 0.3) is 10.9 Å². The summed E-state index contributed by atoms with van der Waals surface area (Å²) >= 11 is 5.26. The van der Waals surface area contributed by atoms with Gasteiger partial charge >= 0.3 is 0 Å². The van der Waals surface area contributed by atoms with E-state index < -0.39 is 10.0 Å². The SMILES string of the molecule is C=CCn1c(=S)[nH]c2cc(C(=O)NCC3CCN(S(=O)(=O)c4ccccc4)CC3)ccc2c1=O. The van der Waals surface area contributed by atoms with Crippen LogP contribution in [0.5, 0.6) is 0 Å². The number of aromatic amines is 1. The molecule has 0 radical (unpaired) electrons. The summed E-state index contributed by atoms with van der Waals surface area (Å²) in [4.78, 5) is 28.7. The molecule has 0 saturated carbocycles. The lowest BCUT2D eigenvalue weighted by molar-refractivity contribution is 0.0941. The van der Waals surface area contributed by atoms with E-state index in [1.807, 2.05) is 0 Å². The number of carbonyl (C=O) groups is 1. The van der Waals surface area contributed by atoms with E-state index in [2.05, 4.69) is 16.9 Å². The van der Waals surface area contributed by atoms with Crippen molar-refractivity contribution in [3.63, 3.8) is 0 Å². The molecule has 1 fully saturated rings. The lowest BCUT2D eigenvalue weighted by Crippen LogP contribution is -2.41. The molecule has 0 atom stereocenters. The average Bonchev–Trinajstić information content (AvgIpc) is 2.85. The molecule has 2 heterocycles. The van der Waals surface area contributed by atoms with E-state index in [9.17, 15) is 18.0 Å². The smallest absolute Gasteiger partial charge is 0.262 e. The molecule has 1 amide bonds. The number of H-pyrrole nitrogens is 1. The van der Waals surface area contributed by atoms with Crippen LogP contribution in [0.4, 0.5) is 0 Å². The van der Waals surface area contributed by atoms with Gasteiger partial charge < -0.3 is 10.3 Å². The third-order valence-corrected chi connectivity index (χ3v) is 8.30. The number of carbonyl (C=O) groups excluding carboxylic acids is 1. The molecule has 34 heavy (non-hydrogen) atoms. The van der Waals surface area contributed by atoms with Crippen molar-refractivity contribution in [2.75, 3.05) is 19.6 Å². The maximum atomic E-state index is 12.8. The minimum absolute atomic E-state index is 0.184. The van der Waals surface area contributed by atoms with Crippen LogP contribution >= 0.6 is 12.2 Å². The zero-order valence-corrected chi connectivity index (χ0v) is 20.2. The maximum absolute atomic E-state index is 12.8. The maximum Gasteiger partial charge on any atom is 0.262 e. The minimum atomic E-state index is -3.49. The fraction of sp³-hybridized carbons (Fsp3) is 0.292. The fourth-order valence-electron chi connectivity index (χ4n) is 4.13. The lowest BCUT2D eigenvalue weighted by Gasteiger charge is -2.31. The zero-order valence-electron chi connectivity index (χ0n) is 18.6. The molecule has 1 aliphatic heterocycles. The molecule has 2 N–H and O–H groups in total. The normalized spacial score (nSPS) is 15.3. The third kappa shape index (κ3) is 4.89. The van der Waals surface area contributed by atoms with Gasteiger partial charge in [-0.3, -0.25) is 14.2 Å². The van der Waals surface area contributed by atoms with Gasteiger partial charge in [-0.1, -0.05) is 24.3 Å². The van der Waals surface area contributed by atoms with Crippen molar-refractivity contribution in [3.8, 4) is 0 Å². The molecule has 178 valence electrons. The first kappa shape index (κ1) is 24.1. The Morgan fingerprint density at radius 3 is 2.56 bits per heavy atom. The number of nitrogens with one attached hydrogen (secondary N) is 2. The van der Waals surface area contributed by atoms with E-state index in [1.54, 1.807) is 54.6 Å². The van der Waals surface area contributed by atoms with Gasteiger partial charge in [-0.15, -0.1) is 6.58 Å². The molecule has 3 aromatic rings. The van der Waals surface area contributed by atoms with Crippen LogP contribution in [0.15, 0.2) is 70.9 Å². The van der Waals surface area contributed by atoms with Crippen molar-refractivity contribution in [1.82, 2.24) is 19.2 Å². The largest absolute Gasteiger partial charge is 0.352 e. The van der Waals surface area contributed by atoms with Gasteiger partial charge in [-0.2, -0.15) is 4.31 Å². The van der Waals surface area contributed by atoms with E-state index in [1.165, 1.54) is 8.87 Å². The molecule has 0 aliphatic carbocycles. The van der Waals surface area contributed by atoms with Crippen molar-refractivity contribution in [2.45, 2.75) is 24.3 Å². The molecule has 1 saturated heterocycles. The Morgan fingerprint density at radius 2 is 1.88 bits per heavy atom. The van der Waals surface area contributed by atoms with E-state index >= 15 is 0 Å². The van der Waals surface area contributed by atoms with Gasteiger partial charge in [0.25, 0.3) is 11.5 Å². The number of nitrogens with zero attached hydrogens (tertiary/aromatic N) is 2. The first-order valence-electron chi connectivity index (χ1n) is 11.0. The summed E-state index contributed by atoms with van der Waals surface area (Å²) in [7, 11) is -3.49. The number of sulfonamides is 1. The lowest BCUT2D eigenvalue weighted by atomic mass is 9.98. The summed E-state index contributed by atoms with van der Waals surface area (Å²) < 4.78 is 28.7. The van der Waals surface area contributed by atoms with Gasteiger partial charge in [0.2, 0.25) is 10.0 Å². The molecule has 0 bridgehead atoms. The Morgan fingerprint density at radius 1 is 1.18 bits per heavy atom.